The predicted molar refractivity (Wildman–Crippen MR) is 122 cm³/mol. The number of β-amino-alcohol motifs (C(OH)–C–C–N with tert-alkyl or cyclic N) is 1. The van der Waals surface area contributed by atoms with Crippen molar-refractivity contribution in [1.29, 1.82) is 0 Å². The van der Waals surface area contributed by atoms with Crippen LogP contribution in [0.4, 0.5) is 5.69 Å². The molecule has 4 rings (SSSR count). The summed E-state index contributed by atoms with van der Waals surface area (Å²) in [5.41, 5.74) is 1.78. The second-order valence-corrected chi connectivity index (χ2v) is 8.30. The first-order valence-corrected chi connectivity index (χ1v) is 11.0. The predicted octanol–water partition coefficient (Wildman–Crippen LogP) is 2.91. The molecule has 0 radical (unpaired) electrons. The number of carboxylic acid groups (broad SMARTS) is 2. The molecule has 32 heavy (non-hydrogen) atoms. The third-order valence-corrected chi connectivity index (χ3v) is 5.89. The minimum atomic E-state index is -1.26. The second-order valence-electron chi connectivity index (χ2n) is 6.82. The van der Waals surface area contributed by atoms with Gasteiger partial charge < -0.3 is 25.0 Å². The smallest absolute Gasteiger partial charge is 0.328 e. The Labute approximate surface area is 193 Å². The highest BCUT2D eigenvalue weighted by Crippen LogP contribution is 2.44. The van der Waals surface area contributed by atoms with Crippen molar-refractivity contribution in [2.24, 2.45) is 4.99 Å². The fourth-order valence-corrected chi connectivity index (χ4v) is 4.17. The van der Waals surface area contributed by atoms with E-state index in [1.54, 1.807) is 0 Å². The van der Waals surface area contributed by atoms with Crippen molar-refractivity contribution in [3.8, 4) is 11.5 Å². The van der Waals surface area contributed by atoms with Crippen LogP contribution in [0.2, 0.25) is 4.34 Å². The van der Waals surface area contributed by atoms with Crippen molar-refractivity contribution in [3.05, 3.63) is 51.7 Å². The molecule has 1 saturated heterocycles. The van der Waals surface area contributed by atoms with E-state index >= 15 is 0 Å². The van der Waals surface area contributed by atoms with Gasteiger partial charge in [-0.25, -0.2) is 14.6 Å². The fourth-order valence-electron chi connectivity index (χ4n) is 3.20. The summed E-state index contributed by atoms with van der Waals surface area (Å²) in [7, 11) is 0. The Balaban J connectivity index is 0.000000312. The molecule has 0 unspecified atom stereocenters. The van der Waals surface area contributed by atoms with Crippen LogP contribution in [0.25, 0.3) is 0 Å². The van der Waals surface area contributed by atoms with Gasteiger partial charge in [0.15, 0.2) is 11.5 Å². The number of para-hydroxylation sites is 2. The zero-order valence-corrected chi connectivity index (χ0v) is 18.6. The number of aliphatic hydroxyl groups is 1. The summed E-state index contributed by atoms with van der Waals surface area (Å²) in [6.45, 7) is 4.49. The molecule has 0 spiro atoms. The van der Waals surface area contributed by atoms with E-state index in [1.165, 1.54) is 11.3 Å². The number of aliphatic hydroxyl groups excluding tert-OH is 1. The third-order valence-electron chi connectivity index (χ3n) is 4.70. The van der Waals surface area contributed by atoms with Gasteiger partial charge >= 0.3 is 11.9 Å². The van der Waals surface area contributed by atoms with Crippen LogP contribution in [0, 0.1) is 0 Å². The lowest BCUT2D eigenvalue weighted by atomic mass is 10.2. The molecule has 0 amide bonds. The lowest BCUT2D eigenvalue weighted by Crippen LogP contribution is -2.49. The number of halogens is 1. The number of carbonyl (C=O) groups is 2. The Morgan fingerprint density at radius 2 is 1.78 bits per heavy atom. The Morgan fingerprint density at radius 1 is 1.12 bits per heavy atom. The van der Waals surface area contributed by atoms with Gasteiger partial charge in [0.2, 0.25) is 0 Å². The molecule has 2 aromatic rings. The summed E-state index contributed by atoms with van der Waals surface area (Å²) in [6, 6.07) is 7.77. The van der Waals surface area contributed by atoms with Crippen molar-refractivity contribution in [2.75, 3.05) is 39.3 Å². The van der Waals surface area contributed by atoms with E-state index in [0.717, 1.165) is 55.6 Å². The van der Waals surface area contributed by atoms with E-state index < -0.39 is 11.9 Å². The highest BCUT2D eigenvalue weighted by molar-refractivity contribution is 7.15. The third kappa shape index (κ3) is 6.07. The fraction of sp³-hybridized carbons (Fsp3) is 0.286. The molecular weight excluding hydrogens is 458 g/mol. The van der Waals surface area contributed by atoms with Gasteiger partial charge in [-0.1, -0.05) is 23.7 Å². The molecule has 1 aromatic heterocycles. The average Bonchev–Trinajstić information content (AvgIpc) is 3.03. The standard InChI is InChI=1S/C17H18ClN3O2S.C4H4O4/c18-16-15-12(11-24-16)17(19-13-3-1-2-4-14(13)23-15)21-7-5-20(6-8-21)9-10-22;5-3(6)1-2-4(7)8/h1-4,11,22H,5-10H2;1-2H,(H,5,6)(H,7,8). The molecule has 0 bridgehead atoms. The lowest BCUT2D eigenvalue weighted by Gasteiger charge is -2.36. The molecule has 2 aliphatic rings. The SMILES string of the molecule is O=C(O)C=CC(=O)O.OCCN1CCN(C2=Nc3ccccc3Oc3c2csc3Cl)CC1. The number of rotatable bonds is 4. The van der Waals surface area contributed by atoms with E-state index in [2.05, 4.69) is 9.80 Å². The van der Waals surface area contributed by atoms with Gasteiger partial charge in [0, 0.05) is 50.3 Å². The van der Waals surface area contributed by atoms with Crippen LogP contribution < -0.4 is 4.74 Å². The zero-order valence-electron chi connectivity index (χ0n) is 17.0. The Bertz CT molecular complexity index is 1010. The number of benzene rings is 1. The van der Waals surface area contributed by atoms with E-state index in [0.29, 0.717) is 22.2 Å². The number of hydrogen-bond acceptors (Lipinski definition) is 8. The van der Waals surface area contributed by atoms with Crippen LogP contribution in [0.3, 0.4) is 0 Å². The van der Waals surface area contributed by atoms with Crippen LogP contribution in [0.5, 0.6) is 11.5 Å². The summed E-state index contributed by atoms with van der Waals surface area (Å²) in [4.78, 5) is 28.5. The first-order valence-electron chi connectivity index (χ1n) is 9.74. The largest absolute Gasteiger partial charge is 0.478 e. The molecule has 1 aromatic carbocycles. The number of ether oxygens (including phenoxy) is 1. The van der Waals surface area contributed by atoms with Gasteiger partial charge in [-0.15, -0.1) is 11.3 Å². The van der Waals surface area contributed by atoms with Gasteiger partial charge in [-0.2, -0.15) is 0 Å². The highest BCUT2D eigenvalue weighted by Gasteiger charge is 2.28. The van der Waals surface area contributed by atoms with Crippen molar-refractivity contribution >= 4 is 46.4 Å². The summed E-state index contributed by atoms with van der Waals surface area (Å²) >= 11 is 7.82. The number of piperazine rings is 1. The molecule has 0 aliphatic carbocycles. The van der Waals surface area contributed by atoms with E-state index in [9.17, 15) is 9.59 Å². The number of fused-ring (bicyclic) bond motifs is 2. The molecular formula is C21H22ClN3O6S. The molecule has 1 fully saturated rings. The van der Waals surface area contributed by atoms with Gasteiger partial charge in [0.1, 0.15) is 15.9 Å². The molecule has 2 aliphatic heterocycles. The topological polar surface area (TPSA) is 123 Å². The summed E-state index contributed by atoms with van der Waals surface area (Å²) in [5.74, 6) is -0.169. The molecule has 0 atom stereocenters. The molecule has 11 heteroatoms. The molecule has 3 N–H and O–H groups in total. The van der Waals surface area contributed by atoms with Crippen LogP contribution in [-0.2, 0) is 9.59 Å². The second kappa shape index (κ2) is 11.1. The quantitative estimate of drug-likeness (QED) is 0.572. The number of hydrogen-bond donors (Lipinski definition) is 3. The number of aliphatic imine (C=N–C) groups is 1. The normalized spacial score (nSPS) is 15.6. The first-order chi connectivity index (χ1) is 15.4. The van der Waals surface area contributed by atoms with Crippen molar-refractivity contribution in [1.82, 2.24) is 9.80 Å². The van der Waals surface area contributed by atoms with E-state index in [-0.39, 0.29) is 6.61 Å². The maximum Gasteiger partial charge on any atom is 0.328 e. The van der Waals surface area contributed by atoms with Crippen LogP contribution in [0.15, 0.2) is 46.8 Å². The first kappa shape index (κ1) is 23.7. The number of aliphatic carboxylic acids is 2. The van der Waals surface area contributed by atoms with Gasteiger partial charge in [-0.05, 0) is 12.1 Å². The maximum absolute atomic E-state index is 9.55. The number of thiophene rings is 1. The highest BCUT2D eigenvalue weighted by atomic mass is 35.5. The maximum atomic E-state index is 9.55. The minimum Gasteiger partial charge on any atom is -0.478 e. The van der Waals surface area contributed by atoms with E-state index in [1.807, 2.05) is 29.6 Å². The minimum absolute atomic E-state index is 0.201. The number of carboxylic acids is 2. The lowest BCUT2D eigenvalue weighted by molar-refractivity contribution is -0.134. The molecule has 9 nitrogen and oxygen atoms in total. The monoisotopic (exact) mass is 479 g/mol. The number of amidine groups is 1. The number of nitrogens with zero attached hydrogens (tertiary/aromatic N) is 3. The summed E-state index contributed by atoms with van der Waals surface area (Å²) < 4.78 is 6.69. The van der Waals surface area contributed by atoms with Crippen LogP contribution in [0.1, 0.15) is 5.56 Å². The van der Waals surface area contributed by atoms with Gasteiger partial charge in [0.25, 0.3) is 0 Å². The van der Waals surface area contributed by atoms with Gasteiger partial charge in [0.05, 0.1) is 12.2 Å². The van der Waals surface area contributed by atoms with Crippen molar-refractivity contribution in [2.45, 2.75) is 0 Å². The Morgan fingerprint density at radius 3 is 2.41 bits per heavy atom. The van der Waals surface area contributed by atoms with Crippen LogP contribution in [-0.4, -0.2) is 82.2 Å². The molecule has 3 heterocycles. The molecule has 0 saturated carbocycles. The van der Waals surface area contributed by atoms with Crippen molar-refractivity contribution < 1.29 is 29.6 Å². The van der Waals surface area contributed by atoms with Gasteiger partial charge in [-0.3, -0.25) is 4.90 Å². The van der Waals surface area contributed by atoms with Crippen LogP contribution >= 0.6 is 22.9 Å². The summed E-state index contributed by atoms with van der Waals surface area (Å²) in [5, 5.41) is 26.7. The Hall–Kier alpha value is -2.92. The average molecular weight is 480 g/mol. The molecule has 170 valence electrons. The van der Waals surface area contributed by atoms with Crippen molar-refractivity contribution in [3.63, 3.8) is 0 Å². The van der Waals surface area contributed by atoms with E-state index in [4.69, 9.17) is 36.6 Å². The zero-order chi connectivity index (χ0) is 23.1. The Kier molecular flexibility index (Phi) is 8.23. The summed E-state index contributed by atoms with van der Waals surface area (Å²) in [6.07, 6.45) is 1.12.